The highest BCUT2D eigenvalue weighted by Crippen LogP contribution is 2.45. The Morgan fingerprint density at radius 1 is 0.266 bits per heavy atom. The molecule has 5 atom stereocenters. The lowest BCUT2D eigenvalue weighted by Gasteiger charge is -2.21. The molecule has 109 heavy (non-hydrogen) atoms. The molecular formula is C91H158O16P2. The van der Waals surface area contributed by atoms with Crippen molar-refractivity contribution in [2.45, 2.75) is 386 Å². The second-order valence-electron chi connectivity index (χ2n) is 29.0. The number of aliphatic hydroxyl groups is 2. The smallest absolute Gasteiger partial charge is 0.463 e. The van der Waals surface area contributed by atoms with E-state index in [0.29, 0.717) is 19.3 Å². The number of rotatable bonds is 82. The minimum absolute atomic E-state index is 0.0917. The topological polar surface area (TPSA) is 231 Å². The van der Waals surface area contributed by atoms with Gasteiger partial charge in [0.1, 0.15) is 25.4 Å². The third kappa shape index (κ3) is 84.4. The number of esters is 3. The average molecular weight is 1570 g/mol. The van der Waals surface area contributed by atoms with Gasteiger partial charge in [-0.1, -0.05) is 347 Å². The predicted octanol–water partition coefficient (Wildman–Crippen LogP) is 26.2. The minimum atomic E-state index is -4.93. The highest BCUT2D eigenvalue weighted by molar-refractivity contribution is 7.47. The second-order valence-corrected chi connectivity index (χ2v) is 31.9. The van der Waals surface area contributed by atoms with Gasteiger partial charge in [-0.25, -0.2) is 9.13 Å². The average Bonchev–Trinajstić information content (AvgIpc) is 0.900. The summed E-state index contributed by atoms with van der Waals surface area (Å²) in [6.45, 7) is 2.51. The lowest BCUT2D eigenvalue weighted by molar-refractivity contribution is -0.161. The first-order valence-corrected chi connectivity index (χ1v) is 46.5. The molecule has 0 heterocycles. The molecule has 0 aliphatic carbocycles. The van der Waals surface area contributed by atoms with Crippen molar-refractivity contribution in [3.05, 3.63) is 134 Å². The summed E-state index contributed by atoms with van der Waals surface area (Å²) in [5.41, 5.74) is 0. The standard InChI is InChI=1S/C91H158O16P2/c1-4-7-10-13-16-19-22-24-26-28-30-32-34-36-38-40-41-42-43-45-47-48-50-52-54-56-58-60-63-65-68-71-74-77-89(94)101-80-86(92)81-103-108(97,98)104-82-87(93)83-105-109(99,100)106-85-88(107-91(96)79-76-73-70-67-62-21-18-15-12-9-6-3)84-102-90(95)78-75-72-69-66-64-61-59-57-55-53-51-49-46-44-39-37-35-33-31-29-27-25-23-20-17-14-11-8-5-2/h8,11,15-20,24-27,30-33,36-39,46,49,86-88,92-93H,4-7,9-10,12-14,21-23,28-29,34-35,40-45,47-48,50-85H2,1-3H3,(H,97,98)(H,99,100)/b11-8-,18-15-,19-16-,20-17-,26-24-,27-25-,32-30-,33-31-,38-36-,39-37-,49-46-. The number of carbonyl (C=O) groups excluding carboxylic acids is 3. The Morgan fingerprint density at radius 3 is 0.807 bits per heavy atom. The number of phosphoric ester groups is 2. The largest absolute Gasteiger partial charge is 0.472 e. The minimum Gasteiger partial charge on any atom is -0.463 e. The van der Waals surface area contributed by atoms with Crippen LogP contribution in [0, 0.1) is 0 Å². The van der Waals surface area contributed by atoms with Crippen LogP contribution in [-0.4, -0.2) is 95.9 Å². The number of ether oxygens (including phenoxy) is 3. The monoisotopic (exact) mass is 1570 g/mol. The van der Waals surface area contributed by atoms with Gasteiger partial charge in [0.25, 0.3) is 0 Å². The van der Waals surface area contributed by atoms with Crippen molar-refractivity contribution in [2.24, 2.45) is 0 Å². The van der Waals surface area contributed by atoms with Gasteiger partial charge in [-0.3, -0.25) is 32.5 Å². The maximum Gasteiger partial charge on any atom is 0.472 e. The quantitative estimate of drug-likeness (QED) is 0.0146. The molecule has 628 valence electrons. The Labute approximate surface area is 665 Å². The SMILES string of the molecule is CC/C=C\C/C=C\C/C=C\C/C=C\C/C=C\C/C=C\CCCCCCCCCCCCC(=O)OCC(COP(=O)(O)OCC(O)COP(=O)(O)OCC(O)COC(=O)CCCCCCCCCCCCCCCCCCC/C=C\C/C=C\C/C=C\C/C=C\CCCCC)OC(=O)CCCCCCC/C=C\CCCC. The fourth-order valence-corrected chi connectivity index (χ4v) is 13.3. The number of phosphoric acid groups is 2. The van der Waals surface area contributed by atoms with Crippen molar-refractivity contribution in [3.8, 4) is 0 Å². The molecule has 0 saturated heterocycles. The first kappa shape index (κ1) is 105. The van der Waals surface area contributed by atoms with Crippen LogP contribution in [0.25, 0.3) is 0 Å². The van der Waals surface area contributed by atoms with Gasteiger partial charge in [-0.2, -0.15) is 0 Å². The maximum absolute atomic E-state index is 12.9. The molecule has 0 aliphatic heterocycles. The molecule has 0 aromatic heterocycles. The van der Waals surface area contributed by atoms with E-state index in [4.69, 9.17) is 32.3 Å². The number of allylic oxidation sites excluding steroid dienone is 22. The van der Waals surface area contributed by atoms with Crippen LogP contribution in [0.5, 0.6) is 0 Å². The number of hydrogen-bond donors (Lipinski definition) is 4. The van der Waals surface area contributed by atoms with Crippen molar-refractivity contribution in [1.82, 2.24) is 0 Å². The highest BCUT2D eigenvalue weighted by atomic mass is 31.2. The Balaban J connectivity index is 4.37. The van der Waals surface area contributed by atoms with E-state index >= 15 is 0 Å². The van der Waals surface area contributed by atoms with Crippen LogP contribution >= 0.6 is 15.6 Å². The fourth-order valence-electron chi connectivity index (χ4n) is 11.7. The fraction of sp³-hybridized carbons (Fsp3) is 0.725. The van der Waals surface area contributed by atoms with Crippen LogP contribution in [0.1, 0.15) is 367 Å². The van der Waals surface area contributed by atoms with Crippen molar-refractivity contribution in [3.63, 3.8) is 0 Å². The van der Waals surface area contributed by atoms with Crippen LogP contribution in [0.15, 0.2) is 134 Å². The molecule has 0 radical (unpaired) electrons. The molecule has 0 saturated carbocycles. The molecular weight excluding hydrogens is 1410 g/mol. The summed E-state index contributed by atoms with van der Waals surface area (Å²) < 4.78 is 61.2. The summed E-state index contributed by atoms with van der Waals surface area (Å²) in [5.74, 6) is -1.58. The zero-order chi connectivity index (χ0) is 79.4. The highest BCUT2D eigenvalue weighted by Gasteiger charge is 2.29. The molecule has 16 nitrogen and oxygen atoms in total. The van der Waals surface area contributed by atoms with E-state index < -0.39 is 91.5 Å². The van der Waals surface area contributed by atoms with Gasteiger partial charge in [0.15, 0.2) is 6.10 Å². The summed E-state index contributed by atoms with van der Waals surface area (Å²) in [7, 11) is -9.79. The number of aliphatic hydroxyl groups excluding tert-OH is 2. The van der Waals surface area contributed by atoms with Crippen molar-refractivity contribution in [2.75, 3.05) is 39.6 Å². The molecule has 4 N–H and O–H groups in total. The molecule has 0 aliphatic rings. The van der Waals surface area contributed by atoms with Crippen LogP contribution in [0.4, 0.5) is 0 Å². The van der Waals surface area contributed by atoms with E-state index in [1.807, 2.05) is 0 Å². The summed E-state index contributed by atoms with van der Waals surface area (Å²) in [4.78, 5) is 58.7. The van der Waals surface area contributed by atoms with E-state index in [1.165, 1.54) is 161 Å². The van der Waals surface area contributed by atoms with Gasteiger partial charge >= 0.3 is 33.6 Å². The summed E-state index contributed by atoms with van der Waals surface area (Å²) >= 11 is 0. The maximum atomic E-state index is 12.9. The molecule has 0 amide bonds. The molecule has 0 rings (SSSR count). The molecule has 18 heteroatoms. The van der Waals surface area contributed by atoms with Crippen molar-refractivity contribution >= 4 is 33.6 Å². The third-order valence-electron chi connectivity index (χ3n) is 18.3. The first-order valence-electron chi connectivity index (χ1n) is 43.5. The molecule has 0 aromatic rings. The Morgan fingerprint density at radius 2 is 0.495 bits per heavy atom. The van der Waals surface area contributed by atoms with E-state index in [2.05, 4.69) is 154 Å². The van der Waals surface area contributed by atoms with Crippen molar-refractivity contribution in [1.29, 1.82) is 0 Å². The van der Waals surface area contributed by atoms with E-state index in [1.54, 1.807) is 0 Å². The zero-order valence-electron chi connectivity index (χ0n) is 68.9. The van der Waals surface area contributed by atoms with Gasteiger partial charge in [-0.05, 0) is 135 Å². The first-order chi connectivity index (χ1) is 53.2. The van der Waals surface area contributed by atoms with Gasteiger partial charge in [0, 0.05) is 19.3 Å². The third-order valence-corrected chi connectivity index (χ3v) is 20.2. The molecule has 0 fully saturated rings. The van der Waals surface area contributed by atoms with E-state index in [9.17, 15) is 43.5 Å². The number of hydrogen-bond acceptors (Lipinski definition) is 14. The predicted molar refractivity (Wildman–Crippen MR) is 454 cm³/mol. The summed E-state index contributed by atoms with van der Waals surface area (Å²) in [5, 5.41) is 20.7. The second kappa shape index (κ2) is 83.1. The van der Waals surface area contributed by atoms with Gasteiger partial charge in [-0.15, -0.1) is 0 Å². The van der Waals surface area contributed by atoms with Gasteiger partial charge in [0.2, 0.25) is 0 Å². The summed E-state index contributed by atoms with van der Waals surface area (Å²) in [6.07, 6.45) is 102. The Kier molecular flexibility index (Phi) is 79.8. The van der Waals surface area contributed by atoms with E-state index in [-0.39, 0.29) is 19.3 Å². The van der Waals surface area contributed by atoms with Crippen LogP contribution in [0.2, 0.25) is 0 Å². The molecule has 5 unspecified atom stereocenters. The van der Waals surface area contributed by atoms with Crippen molar-refractivity contribution < 1.29 is 75.8 Å². The van der Waals surface area contributed by atoms with Crippen LogP contribution < -0.4 is 0 Å². The Hall–Kier alpha value is -4.31. The lowest BCUT2D eigenvalue weighted by atomic mass is 10.0. The molecule has 0 spiro atoms. The van der Waals surface area contributed by atoms with Crippen LogP contribution in [0.3, 0.4) is 0 Å². The van der Waals surface area contributed by atoms with E-state index in [0.717, 1.165) is 148 Å². The van der Waals surface area contributed by atoms with Crippen LogP contribution in [-0.2, 0) is 55.8 Å². The normalized spacial score (nSPS) is 14.5. The summed E-state index contributed by atoms with van der Waals surface area (Å²) in [6, 6.07) is 0. The molecule has 0 bridgehead atoms. The van der Waals surface area contributed by atoms with Gasteiger partial charge < -0.3 is 34.2 Å². The number of carbonyl (C=O) groups is 3. The Bertz CT molecular complexity index is 2510. The number of unbranched alkanes of at least 4 members (excludes halogenated alkanes) is 37. The zero-order valence-corrected chi connectivity index (χ0v) is 70.7. The molecule has 0 aromatic carbocycles. The lowest BCUT2D eigenvalue weighted by Crippen LogP contribution is -2.30. The van der Waals surface area contributed by atoms with Gasteiger partial charge in [0.05, 0.1) is 26.4 Å².